The van der Waals surface area contributed by atoms with Gasteiger partial charge in [-0.3, -0.25) is 9.36 Å². The van der Waals surface area contributed by atoms with E-state index in [4.69, 9.17) is 0 Å². The van der Waals surface area contributed by atoms with Crippen LogP contribution in [0.1, 0.15) is 24.4 Å². The number of hydrogen-bond donors (Lipinski definition) is 0. The van der Waals surface area contributed by atoms with E-state index in [1.807, 2.05) is 36.0 Å². The second-order valence-electron chi connectivity index (χ2n) is 6.12. The fraction of sp³-hybridized carbons (Fsp3) is 0.412. The van der Waals surface area contributed by atoms with Gasteiger partial charge in [-0.1, -0.05) is 0 Å². The average molecular weight is 327 g/mol. The highest BCUT2D eigenvalue weighted by atomic mass is 16.2. The molecule has 2 aromatic heterocycles. The lowest BCUT2D eigenvalue weighted by Crippen LogP contribution is -2.36. The molecule has 24 heavy (non-hydrogen) atoms. The number of carbonyl (C=O) groups is 1. The molecule has 1 amide bonds. The van der Waals surface area contributed by atoms with Gasteiger partial charge in [-0.2, -0.15) is 0 Å². The molecule has 7 nitrogen and oxygen atoms in total. The predicted molar refractivity (Wildman–Crippen MR) is 90.7 cm³/mol. The third kappa shape index (κ3) is 3.29. The fourth-order valence-electron chi connectivity index (χ4n) is 3.04. The maximum Gasteiger partial charge on any atom is 0.347 e. The number of rotatable bonds is 4. The van der Waals surface area contributed by atoms with Crippen LogP contribution in [0.15, 0.2) is 41.6 Å². The Hall–Kier alpha value is -2.70. The molecule has 1 aliphatic rings. The van der Waals surface area contributed by atoms with E-state index >= 15 is 0 Å². The minimum Gasteiger partial charge on any atom is -0.363 e. The van der Waals surface area contributed by atoms with Crippen molar-refractivity contribution in [2.24, 2.45) is 0 Å². The van der Waals surface area contributed by atoms with Gasteiger partial charge in [-0.15, -0.1) is 0 Å². The first kappa shape index (κ1) is 16.2. The number of nitrogens with zero attached hydrogens (tertiary/aromatic N) is 5. The Morgan fingerprint density at radius 1 is 1.33 bits per heavy atom. The van der Waals surface area contributed by atoms with Crippen LogP contribution in [0, 0.1) is 0 Å². The molecule has 0 saturated carbocycles. The van der Waals surface area contributed by atoms with Gasteiger partial charge in [0.25, 0.3) is 0 Å². The predicted octanol–water partition coefficient (Wildman–Crippen LogP) is 1.07. The van der Waals surface area contributed by atoms with Crippen molar-refractivity contribution in [3.8, 4) is 0 Å². The lowest BCUT2D eigenvalue weighted by Gasteiger charge is -2.26. The van der Waals surface area contributed by atoms with E-state index in [1.54, 1.807) is 18.5 Å². The molecule has 0 spiro atoms. The highest BCUT2D eigenvalue weighted by Gasteiger charge is 2.30. The van der Waals surface area contributed by atoms with Gasteiger partial charge in [0, 0.05) is 39.2 Å². The molecule has 1 fully saturated rings. The zero-order valence-electron chi connectivity index (χ0n) is 13.9. The Morgan fingerprint density at radius 2 is 2.17 bits per heavy atom. The van der Waals surface area contributed by atoms with Crippen LogP contribution in [0.3, 0.4) is 0 Å². The van der Waals surface area contributed by atoms with Gasteiger partial charge in [0.2, 0.25) is 5.91 Å². The first-order valence-corrected chi connectivity index (χ1v) is 8.00. The van der Waals surface area contributed by atoms with Crippen LogP contribution < -0.4 is 10.6 Å². The van der Waals surface area contributed by atoms with Crippen molar-refractivity contribution in [3.63, 3.8) is 0 Å². The van der Waals surface area contributed by atoms with Crippen LogP contribution in [0.25, 0.3) is 0 Å². The number of amides is 1. The van der Waals surface area contributed by atoms with Crippen LogP contribution in [0.4, 0.5) is 5.82 Å². The summed E-state index contributed by atoms with van der Waals surface area (Å²) in [6, 6.07) is 5.67. The Bertz CT molecular complexity index is 786. The first-order valence-electron chi connectivity index (χ1n) is 8.00. The molecule has 0 N–H and O–H groups in total. The minimum absolute atomic E-state index is 0.0226. The molecule has 0 unspecified atom stereocenters. The van der Waals surface area contributed by atoms with E-state index in [1.165, 1.54) is 10.8 Å². The summed E-state index contributed by atoms with van der Waals surface area (Å²) in [4.78, 5) is 36.2. The minimum atomic E-state index is -0.402. The number of likely N-dealkylation sites (tertiary alicyclic amines) is 1. The Morgan fingerprint density at radius 3 is 2.92 bits per heavy atom. The molecule has 7 heteroatoms. The third-order valence-electron chi connectivity index (χ3n) is 4.27. The lowest BCUT2D eigenvalue weighted by molar-refractivity contribution is -0.132. The topological polar surface area (TPSA) is 71.3 Å². The highest BCUT2D eigenvalue weighted by Crippen LogP contribution is 2.33. The van der Waals surface area contributed by atoms with Gasteiger partial charge in [0.05, 0.1) is 6.04 Å². The second-order valence-corrected chi connectivity index (χ2v) is 6.12. The lowest BCUT2D eigenvalue weighted by atomic mass is 10.1. The van der Waals surface area contributed by atoms with Gasteiger partial charge in [0.15, 0.2) is 0 Å². The quantitative estimate of drug-likeness (QED) is 0.840. The molecule has 0 aliphatic carbocycles. The Labute approximate surface area is 140 Å². The maximum absolute atomic E-state index is 12.7. The zero-order chi connectivity index (χ0) is 17.1. The van der Waals surface area contributed by atoms with E-state index in [9.17, 15) is 9.59 Å². The van der Waals surface area contributed by atoms with E-state index in [-0.39, 0.29) is 18.5 Å². The SMILES string of the molecule is CN(C)c1cc([C@@H]2CCCN2C(=O)Cn2cccnc2=O)ccn1. The number of hydrogen-bond acceptors (Lipinski definition) is 5. The smallest absolute Gasteiger partial charge is 0.347 e. The molecule has 3 rings (SSSR count). The van der Waals surface area contributed by atoms with E-state index in [2.05, 4.69) is 9.97 Å². The summed E-state index contributed by atoms with van der Waals surface area (Å²) >= 11 is 0. The number of aromatic nitrogens is 3. The highest BCUT2D eigenvalue weighted by molar-refractivity contribution is 5.77. The molecular weight excluding hydrogens is 306 g/mol. The molecule has 3 heterocycles. The van der Waals surface area contributed by atoms with Crippen LogP contribution in [0.2, 0.25) is 0 Å². The Balaban J connectivity index is 1.80. The normalized spacial score (nSPS) is 17.1. The molecule has 0 aromatic carbocycles. The number of pyridine rings is 1. The summed E-state index contributed by atoms with van der Waals surface area (Å²) in [6.45, 7) is 0.729. The molecule has 0 radical (unpaired) electrons. The van der Waals surface area contributed by atoms with Crippen LogP contribution >= 0.6 is 0 Å². The summed E-state index contributed by atoms with van der Waals surface area (Å²) < 4.78 is 1.34. The second kappa shape index (κ2) is 6.82. The standard InChI is InChI=1S/C17H21N5O2/c1-20(2)15-11-13(6-8-18-15)14-5-3-10-22(14)16(23)12-21-9-4-7-19-17(21)24/h4,6-9,11,14H,3,5,10,12H2,1-2H3/t14-/m0/s1. The van der Waals surface area contributed by atoms with Gasteiger partial charge in [0.1, 0.15) is 12.4 Å². The summed E-state index contributed by atoms with van der Waals surface area (Å²) in [5.74, 6) is 0.811. The molecular formula is C17H21N5O2. The van der Waals surface area contributed by atoms with Crippen LogP contribution in [0.5, 0.6) is 0 Å². The third-order valence-corrected chi connectivity index (χ3v) is 4.27. The van der Waals surface area contributed by atoms with Crippen molar-refractivity contribution >= 4 is 11.7 Å². The molecule has 126 valence electrons. The van der Waals surface area contributed by atoms with Gasteiger partial charge in [-0.25, -0.2) is 14.8 Å². The largest absolute Gasteiger partial charge is 0.363 e. The van der Waals surface area contributed by atoms with Crippen molar-refractivity contribution in [2.45, 2.75) is 25.4 Å². The van der Waals surface area contributed by atoms with Crippen molar-refractivity contribution in [1.29, 1.82) is 0 Å². The number of anilines is 1. The summed E-state index contributed by atoms with van der Waals surface area (Å²) in [6.07, 6.45) is 6.68. The van der Waals surface area contributed by atoms with Gasteiger partial charge in [-0.05, 0) is 36.6 Å². The molecule has 1 aliphatic heterocycles. The van der Waals surface area contributed by atoms with Crippen LogP contribution in [-0.4, -0.2) is 46.0 Å². The Kier molecular flexibility index (Phi) is 4.59. The summed E-state index contributed by atoms with van der Waals surface area (Å²) in [7, 11) is 3.89. The summed E-state index contributed by atoms with van der Waals surface area (Å²) in [5.41, 5.74) is 0.679. The van der Waals surface area contributed by atoms with Gasteiger partial charge < -0.3 is 9.80 Å². The van der Waals surface area contributed by atoms with Gasteiger partial charge >= 0.3 is 5.69 Å². The van der Waals surface area contributed by atoms with Crippen molar-refractivity contribution in [1.82, 2.24) is 19.4 Å². The monoisotopic (exact) mass is 327 g/mol. The molecule has 0 bridgehead atoms. The first-order chi connectivity index (χ1) is 11.6. The van der Waals surface area contributed by atoms with Crippen molar-refractivity contribution in [2.75, 3.05) is 25.5 Å². The van der Waals surface area contributed by atoms with E-state index in [0.29, 0.717) is 6.54 Å². The molecule has 1 saturated heterocycles. The summed E-state index contributed by atoms with van der Waals surface area (Å²) in [5, 5.41) is 0. The van der Waals surface area contributed by atoms with E-state index in [0.717, 1.165) is 24.2 Å². The molecule has 2 aromatic rings. The maximum atomic E-state index is 12.7. The zero-order valence-corrected chi connectivity index (χ0v) is 13.9. The number of carbonyl (C=O) groups excluding carboxylic acids is 1. The van der Waals surface area contributed by atoms with Crippen molar-refractivity contribution < 1.29 is 4.79 Å². The average Bonchev–Trinajstić information content (AvgIpc) is 3.07. The fourth-order valence-corrected chi connectivity index (χ4v) is 3.04. The van der Waals surface area contributed by atoms with Crippen molar-refractivity contribution in [3.05, 3.63) is 52.8 Å². The molecule has 1 atom stereocenters. The van der Waals surface area contributed by atoms with Crippen LogP contribution in [-0.2, 0) is 11.3 Å². The van der Waals surface area contributed by atoms with E-state index < -0.39 is 5.69 Å².